The fourth-order valence-electron chi connectivity index (χ4n) is 6.22. The van der Waals surface area contributed by atoms with Gasteiger partial charge in [0, 0.05) is 24.3 Å². The number of carbonyl (C=O) groups excluding carboxylic acids is 4. The number of amides is 4. The van der Waals surface area contributed by atoms with Crippen LogP contribution in [-0.4, -0.2) is 51.3 Å². The molecule has 0 bridgehead atoms. The summed E-state index contributed by atoms with van der Waals surface area (Å²) in [5, 5.41) is 13.0. The number of hydrogen-bond acceptors (Lipinski definition) is 7. The Labute approximate surface area is 244 Å². The van der Waals surface area contributed by atoms with Crippen molar-refractivity contribution in [2.24, 2.45) is 5.92 Å². The summed E-state index contributed by atoms with van der Waals surface area (Å²) in [6, 6.07) is 9.70. The number of imide groups is 1. The lowest BCUT2D eigenvalue weighted by Gasteiger charge is -2.37. The lowest BCUT2D eigenvalue weighted by atomic mass is 9.87. The average molecular weight is 574 g/mol. The molecule has 1 N–H and O–H groups in total. The average Bonchev–Trinajstić information content (AvgIpc) is 3.25. The van der Waals surface area contributed by atoms with Gasteiger partial charge in [0.15, 0.2) is 0 Å². The molecule has 1 aromatic heterocycles. The summed E-state index contributed by atoms with van der Waals surface area (Å²) >= 11 is 1.24. The number of aromatic nitrogens is 1. The largest absolute Gasteiger partial charge is 0.326 e. The second-order valence-corrected chi connectivity index (χ2v) is 12.3. The number of anilines is 2. The number of rotatable bonds is 7. The molecule has 4 amide bonds. The first-order valence-corrected chi connectivity index (χ1v) is 15.3. The van der Waals surface area contributed by atoms with Crippen molar-refractivity contribution in [2.75, 3.05) is 16.0 Å². The van der Waals surface area contributed by atoms with Gasteiger partial charge in [0.2, 0.25) is 17.7 Å². The van der Waals surface area contributed by atoms with Crippen molar-refractivity contribution in [3.05, 3.63) is 47.2 Å². The highest BCUT2D eigenvalue weighted by molar-refractivity contribution is 8.00. The molecule has 1 saturated heterocycles. The van der Waals surface area contributed by atoms with E-state index in [1.165, 1.54) is 18.7 Å². The van der Waals surface area contributed by atoms with Crippen molar-refractivity contribution in [1.29, 1.82) is 5.26 Å². The Morgan fingerprint density at radius 3 is 2.54 bits per heavy atom. The van der Waals surface area contributed by atoms with Gasteiger partial charge in [-0.1, -0.05) is 37.9 Å². The number of aryl methyl sites for hydroxylation is 1. The minimum Gasteiger partial charge on any atom is -0.326 e. The van der Waals surface area contributed by atoms with E-state index in [0.29, 0.717) is 27.9 Å². The summed E-state index contributed by atoms with van der Waals surface area (Å²) in [5.74, 6) is -0.602. The van der Waals surface area contributed by atoms with Crippen LogP contribution in [-0.2, 0) is 32.0 Å². The molecule has 1 saturated carbocycles. The zero-order valence-corrected chi connectivity index (χ0v) is 24.3. The maximum atomic E-state index is 13.8. The van der Waals surface area contributed by atoms with E-state index in [0.717, 1.165) is 67.5 Å². The summed E-state index contributed by atoms with van der Waals surface area (Å²) < 4.78 is 0. The van der Waals surface area contributed by atoms with Crippen LogP contribution >= 0.6 is 11.8 Å². The van der Waals surface area contributed by atoms with E-state index in [9.17, 15) is 24.4 Å². The fraction of sp³-hybridized carbons (Fsp3) is 0.484. The van der Waals surface area contributed by atoms with Gasteiger partial charge in [-0.3, -0.25) is 19.2 Å². The van der Waals surface area contributed by atoms with Crippen LogP contribution in [0.2, 0.25) is 0 Å². The summed E-state index contributed by atoms with van der Waals surface area (Å²) in [6.45, 7) is 3.61. The van der Waals surface area contributed by atoms with Crippen LogP contribution in [0.5, 0.6) is 0 Å². The Kier molecular flexibility index (Phi) is 8.74. The molecule has 1 aliphatic heterocycles. The lowest BCUT2D eigenvalue weighted by Crippen LogP contribution is -2.52. The fourth-order valence-corrected chi connectivity index (χ4v) is 7.06. The number of nitrogens with zero attached hydrogens (tertiary/aromatic N) is 4. The van der Waals surface area contributed by atoms with Crippen molar-refractivity contribution < 1.29 is 19.2 Å². The molecular weight excluding hydrogens is 538 g/mol. The quantitative estimate of drug-likeness (QED) is 0.379. The molecular formula is C31H35N5O4S. The molecule has 10 heteroatoms. The first-order valence-electron chi connectivity index (χ1n) is 14.4. The molecule has 0 radical (unpaired) electrons. The van der Waals surface area contributed by atoms with Crippen LogP contribution in [0.1, 0.15) is 75.6 Å². The highest BCUT2D eigenvalue weighted by Crippen LogP contribution is 2.34. The molecule has 2 heterocycles. The summed E-state index contributed by atoms with van der Waals surface area (Å²) in [7, 11) is 0. The number of fused-ring (bicyclic) bond motifs is 1. The normalized spacial score (nSPS) is 20.9. The van der Waals surface area contributed by atoms with E-state index in [2.05, 4.69) is 18.3 Å². The van der Waals surface area contributed by atoms with Crippen molar-refractivity contribution >= 4 is 46.8 Å². The number of nitrogens with one attached hydrogen (secondary N) is 1. The zero-order valence-electron chi connectivity index (χ0n) is 23.5. The SMILES string of the molecule is CC(=O)Nc1ccc(N2C(=O)CC(N(C(=O)CSc3nc4c(cc3C#N)CC(C)CC4)C3CCCCC3)C2=O)cc1. The highest BCUT2D eigenvalue weighted by Gasteiger charge is 2.46. The van der Waals surface area contributed by atoms with Gasteiger partial charge in [-0.2, -0.15) is 5.26 Å². The van der Waals surface area contributed by atoms with Crippen molar-refractivity contribution in [1.82, 2.24) is 9.88 Å². The molecule has 0 spiro atoms. The van der Waals surface area contributed by atoms with Crippen LogP contribution in [0.15, 0.2) is 35.4 Å². The van der Waals surface area contributed by atoms with E-state index >= 15 is 0 Å². The van der Waals surface area contributed by atoms with E-state index < -0.39 is 11.9 Å². The molecule has 2 aromatic rings. The standard InChI is InChI=1S/C31H35N5O4S/c1-19-8-13-26-21(14-19)15-22(17-32)30(34-26)41-18-29(39)35(24-6-4-3-5-7-24)27-16-28(38)36(31(27)40)25-11-9-23(10-12-25)33-20(2)37/h9-12,15,19,24,27H,3-8,13-14,16,18H2,1-2H3,(H,33,37). The van der Waals surface area contributed by atoms with E-state index in [1.807, 2.05) is 6.07 Å². The second-order valence-electron chi connectivity index (χ2n) is 11.3. The number of nitriles is 1. The first-order chi connectivity index (χ1) is 19.7. The van der Waals surface area contributed by atoms with Crippen LogP contribution in [0.4, 0.5) is 11.4 Å². The Bertz CT molecular complexity index is 1400. The Balaban J connectivity index is 1.36. The monoisotopic (exact) mass is 573 g/mol. The van der Waals surface area contributed by atoms with E-state index in [4.69, 9.17) is 4.98 Å². The molecule has 3 aliphatic rings. The van der Waals surface area contributed by atoms with Gasteiger partial charge in [0.05, 0.1) is 23.4 Å². The predicted octanol–water partition coefficient (Wildman–Crippen LogP) is 4.62. The number of benzene rings is 1. The molecule has 2 fully saturated rings. The molecule has 41 heavy (non-hydrogen) atoms. The topological polar surface area (TPSA) is 123 Å². The van der Waals surface area contributed by atoms with Gasteiger partial charge < -0.3 is 10.2 Å². The van der Waals surface area contributed by atoms with Gasteiger partial charge in [-0.05, 0) is 73.9 Å². The van der Waals surface area contributed by atoms with Crippen LogP contribution in [0, 0.1) is 17.2 Å². The van der Waals surface area contributed by atoms with Gasteiger partial charge in [0.1, 0.15) is 17.1 Å². The Morgan fingerprint density at radius 2 is 1.85 bits per heavy atom. The highest BCUT2D eigenvalue weighted by atomic mass is 32.2. The molecule has 2 atom stereocenters. The lowest BCUT2D eigenvalue weighted by molar-refractivity contribution is -0.139. The Hall–Kier alpha value is -3.71. The number of thioether (sulfide) groups is 1. The predicted molar refractivity (Wildman–Crippen MR) is 156 cm³/mol. The summed E-state index contributed by atoms with van der Waals surface area (Å²) in [6.07, 6.45) is 7.34. The molecule has 1 aromatic carbocycles. The third kappa shape index (κ3) is 6.30. The minimum absolute atomic E-state index is 0.0384. The first kappa shape index (κ1) is 28.8. The van der Waals surface area contributed by atoms with Crippen molar-refractivity contribution in [3.8, 4) is 6.07 Å². The molecule has 2 unspecified atom stereocenters. The number of pyridine rings is 1. The minimum atomic E-state index is -0.873. The Morgan fingerprint density at radius 1 is 1.12 bits per heavy atom. The maximum Gasteiger partial charge on any atom is 0.257 e. The van der Waals surface area contributed by atoms with Gasteiger partial charge in [-0.15, -0.1) is 0 Å². The third-order valence-corrected chi connectivity index (χ3v) is 9.19. The summed E-state index contributed by atoms with van der Waals surface area (Å²) in [4.78, 5) is 59.6. The molecule has 9 nitrogen and oxygen atoms in total. The van der Waals surface area contributed by atoms with Crippen LogP contribution in [0.3, 0.4) is 0 Å². The van der Waals surface area contributed by atoms with Gasteiger partial charge in [-0.25, -0.2) is 9.88 Å². The number of hydrogen-bond donors (Lipinski definition) is 1. The third-order valence-electron chi connectivity index (χ3n) is 8.21. The smallest absolute Gasteiger partial charge is 0.257 e. The van der Waals surface area contributed by atoms with E-state index in [-0.39, 0.29) is 35.9 Å². The molecule has 214 valence electrons. The van der Waals surface area contributed by atoms with Gasteiger partial charge in [0.25, 0.3) is 5.91 Å². The summed E-state index contributed by atoms with van der Waals surface area (Å²) in [5.41, 5.74) is 3.56. The molecule has 2 aliphatic carbocycles. The molecule has 5 rings (SSSR count). The van der Waals surface area contributed by atoms with Gasteiger partial charge >= 0.3 is 0 Å². The van der Waals surface area contributed by atoms with E-state index in [1.54, 1.807) is 29.2 Å². The number of carbonyl (C=O) groups is 4. The zero-order chi connectivity index (χ0) is 29.1. The van der Waals surface area contributed by atoms with Crippen molar-refractivity contribution in [2.45, 2.75) is 88.7 Å². The van der Waals surface area contributed by atoms with Crippen LogP contribution < -0.4 is 10.2 Å². The second kappa shape index (κ2) is 12.4. The maximum absolute atomic E-state index is 13.8. The van der Waals surface area contributed by atoms with Crippen molar-refractivity contribution in [3.63, 3.8) is 0 Å². The van der Waals surface area contributed by atoms with Crippen LogP contribution in [0.25, 0.3) is 0 Å².